The van der Waals surface area contributed by atoms with Gasteiger partial charge in [0.25, 0.3) is 0 Å². The van der Waals surface area contributed by atoms with Crippen LogP contribution in [0.4, 0.5) is 0 Å². The van der Waals surface area contributed by atoms with Crippen LogP contribution < -0.4 is 5.32 Å². The van der Waals surface area contributed by atoms with Gasteiger partial charge in [-0.1, -0.05) is 6.92 Å². The average Bonchev–Trinajstić information content (AvgIpc) is 2.13. The van der Waals surface area contributed by atoms with Crippen LogP contribution in [0.5, 0.6) is 0 Å². The highest BCUT2D eigenvalue weighted by atomic mass is 16.5. The van der Waals surface area contributed by atoms with Gasteiger partial charge in [-0.15, -0.1) is 0 Å². The zero-order chi connectivity index (χ0) is 10.9. The summed E-state index contributed by atoms with van der Waals surface area (Å²) in [6.07, 6.45) is 1.16. The van der Waals surface area contributed by atoms with Crippen LogP contribution in [0.2, 0.25) is 0 Å². The van der Waals surface area contributed by atoms with Crippen molar-refractivity contribution >= 4 is 0 Å². The van der Waals surface area contributed by atoms with Crippen LogP contribution in [-0.2, 0) is 9.47 Å². The van der Waals surface area contributed by atoms with E-state index in [2.05, 4.69) is 26.1 Å². The van der Waals surface area contributed by atoms with E-state index < -0.39 is 0 Å². The van der Waals surface area contributed by atoms with Gasteiger partial charge in [0.2, 0.25) is 0 Å². The van der Waals surface area contributed by atoms with Gasteiger partial charge < -0.3 is 14.8 Å². The molecule has 14 heavy (non-hydrogen) atoms. The molecule has 86 valence electrons. The third-order valence-electron chi connectivity index (χ3n) is 1.90. The zero-order valence-electron chi connectivity index (χ0n) is 10.1. The third kappa shape index (κ3) is 8.48. The molecule has 0 heterocycles. The minimum absolute atomic E-state index is 0.0910. The molecule has 0 atom stereocenters. The minimum atomic E-state index is -0.0910. The second-order valence-electron chi connectivity index (χ2n) is 3.98. The van der Waals surface area contributed by atoms with Gasteiger partial charge in [-0.2, -0.15) is 0 Å². The van der Waals surface area contributed by atoms with Crippen LogP contribution in [0.1, 0.15) is 34.1 Å². The Morgan fingerprint density at radius 1 is 1.14 bits per heavy atom. The number of hydrogen-bond acceptors (Lipinski definition) is 3. The van der Waals surface area contributed by atoms with Gasteiger partial charge in [0.05, 0.1) is 18.8 Å². The fourth-order valence-electron chi connectivity index (χ4n) is 1.14. The first-order valence-electron chi connectivity index (χ1n) is 5.55. The van der Waals surface area contributed by atoms with E-state index >= 15 is 0 Å². The van der Waals surface area contributed by atoms with Crippen molar-refractivity contribution in [2.45, 2.75) is 39.7 Å². The summed E-state index contributed by atoms with van der Waals surface area (Å²) in [4.78, 5) is 0. The van der Waals surface area contributed by atoms with Crippen molar-refractivity contribution in [1.29, 1.82) is 0 Å². The minimum Gasteiger partial charge on any atom is -0.379 e. The summed E-state index contributed by atoms with van der Waals surface area (Å²) in [5.74, 6) is 0. The molecule has 0 saturated heterocycles. The van der Waals surface area contributed by atoms with Gasteiger partial charge in [-0.3, -0.25) is 0 Å². The number of nitrogens with one attached hydrogen (secondary N) is 1. The molecule has 1 N–H and O–H groups in total. The molecular weight excluding hydrogens is 178 g/mol. The normalized spacial score (nSPS) is 12.0. The molecule has 0 bridgehead atoms. The maximum absolute atomic E-state index is 5.69. The summed E-state index contributed by atoms with van der Waals surface area (Å²) < 4.78 is 10.9. The summed E-state index contributed by atoms with van der Waals surface area (Å²) >= 11 is 0. The molecule has 0 spiro atoms. The molecule has 0 aromatic carbocycles. The van der Waals surface area contributed by atoms with Crippen LogP contribution in [0.15, 0.2) is 0 Å². The predicted octanol–water partition coefficient (Wildman–Crippen LogP) is 1.82. The smallest absolute Gasteiger partial charge is 0.0751 e. The molecule has 0 amide bonds. The van der Waals surface area contributed by atoms with E-state index in [1.165, 1.54) is 0 Å². The highest BCUT2D eigenvalue weighted by Crippen LogP contribution is 2.06. The zero-order valence-corrected chi connectivity index (χ0v) is 10.1. The molecule has 0 radical (unpaired) electrons. The lowest BCUT2D eigenvalue weighted by Crippen LogP contribution is -2.38. The lowest BCUT2D eigenvalue weighted by Gasteiger charge is -2.25. The van der Waals surface area contributed by atoms with Gasteiger partial charge >= 0.3 is 0 Å². The first-order valence-corrected chi connectivity index (χ1v) is 5.55. The fraction of sp³-hybridized carbons (Fsp3) is 1.00. The van der Waals surface area contributed by atoms with Crippen LogP contribution in [0.3, 0.4) is 0 Å². The molecule has 0 fully saturated rings. The van der Waals surface area contributed by atoms with Crippen molar-refractivity contribution in [2.75, 3.05) is 32.9 Å². The van der Waals surface area contributed by atoms with Gasteiger partial charge in [0, 0.05) is 13.2 Å². The third-order valence-corrected chi connectivity index (χ3v) is 1.90. The molecule has 0 aliphatic heterocycles. The van der Waals surface area contributed by atoms with Crippen molar-refractivity contribution in [3.05, 3.63) is 0 Å². The maximum Gasteiger partial charge on any atom is 0.0751 e. The van der Waals surface area contributed by atoms with Crippen molar-refractivity contribution in [2.24, 2.45) is 0 Å². The summed E-state index contributed by atoms with van der Waals surface area (Å²) in [5.41, 5.74) is -0.0910. The number of rotatable bonds is 9. The average molecular weight is 203 g/mol. The van der Waals surface area contributed by atoms with Crippen LogP contribution in [-0.4, -0.2) is 38.5 Å². The monoisotopic (exact) mass is 203 g/mol. The number of hydrogen-bond donors (Lipinski definition) is 1. The summed E-state index contributed by atoms with van der Waals surface area (Å²) in [6, 6.07) is 0. The molecule has 0 saturated carbocycles. The van der Waals surface area contributed by atoms with Crippen LogP contribution in [0.25, 0.3) is 0 Å². The van der Waals surface area contributed by atoms with Crippen molar-refractivity contribution in [1.82, 2.24) is 5.32 Å². The van der Waals surface area contributed by atoms with E-state index in [0.29, 0.717) is 13.2 Å². The van der Waals surface area contributed by atoms with Gasteiger partial charge in [0.15, 0.2) is 0 Å². The van der Waals surface area contributed by atoms with Gasteiger partial charge in [-0.05, 0) is 33.7 Å². The molecule has 3 heteroatoms. The molecule has 3 nitrogen and oxygen atoms in total. The predicted molar refractivity (Wildman–Crippen MR) is 59.7 cm³/mol. The Morgan fingerprint density at radius 3 is 2.43 bits per heavy atom. The molecule has 0 unspecified atom stereocenters. The second kappa shape index (κ2) is 8.21. The number of ether oxygens (including phenoxy) is 2. The summed E-state index contributed by atoms with van der Waals surface area (Å²) in [7, 11) is 0. The molecule has 0 aromatic rings. The van der Waals surface area contributed by atoms with Crippen LogP contribution >= 0.6 is 0 Å². The maximum atomic E-state index is 5.69. The lowest BCUT2D eigenvalue weighted by atomic mass is 10.1. The van der Waals surface area contributed by atoms with E-state index in [9.17, 15) is 0 Å². The van der Waals surface area contributed by atoms with E-state index in [0.717, 1.165) is 26.1 Å². The van der Waals surface area contributed by atoms with Crippen molar-refractivity contribution in [3.63, 3.8) is 0 Å². The van der Waals surface area contributed by atoms with Crippen molar-refractivity contribution in [3.8, 4) is 0 Å². The summed E-state index contributed by atoms with van der Waals surface area (Å²) in [5, 5.41) is 3.35. The Hall–Kier alpha value is -0.120. The Kier molecular flexibility index (Phi) is 8.14. The Morgan fingerprint density at radius 2 is 1.86 bits per heavy atom. The van der Waals surface area contributed by atoms with Gasteiger partial charge in [0.1, 0.15) is 0 Å². The Bertz CT molecular complexity index is 126. The van der Waals surface area contributed by atoms with Gasteiger partial charge in [-0.25, -0.2) is 0 Å². The van der Waals surface area contributed by atoms with E-state index in [4.69, 9.17) is 9.47 Å². The highest BCUT2D eigenvalue weighted by Gasteiger charge is 2.16. The SMILES string of the molecule is CCCNCC(C)(C)OCCOCC. The quantitative estimate of drug-likeness (QED) is 0.580. The Balaban J connectivity index is 3.40. The molecule has 0 aliphatic carbocycles. The van der Waals surface area contributed by atoms with E-state index in [1.54, 1.807) is 0 Å². The van der Waals surface area contributed by atoms with Crippen LogP contribution in [0, 0.1) is 0 Å². The molecule has 0 rings (SSSR count). The molecular formula is C11H25NO2. The first kappa shape index (κ1) is 13.9. The van der Waals surface area contributed by atoms with E-state index in [1.807, 2.05) is 6.92 Å². The summed E-state index contributed by atoms with van der Waals surface area (Å²) in [6.45, 7) is 12.4. The largest absolute Gasteiger partial charge is 0.379 e. The van der Waals surface area contributed by atoms with Crippen molar-refractivity contribution < 1.29 is 9.47 Å². The molecule has 0 aromatic heterocycles. The Labute approximate surface area is 88.2 Å². The fourth-order valence-corrected chi connectivity index (χ4v) is 1.14. The molecule has 0 aliphatic rings. The van der Waals surface area contributed by atoms with E-state index in [-0.39, 0.29) is 5.60 Å². The lowest BCUT2D eigenvalue weighted by molar-refractivity contribution is -0.0430. The topological polar surface area (TPSA) is 30.5 Å². The first-order chi connectivity index (χ1) is 6.62. The second-order valence-corrected chi connectivity index (χ2v) is 3.98. The highest BCUT2D eigenvalue weighted by molar-refractivity contribution is 4.71. The standard InChI is InChI=1S/C11H25NO2/c1-5-7-12-10-11(3,4)14-9-8-13-6-2/h12H,5-10H2,1-4H3.